The third-order valence-electron chi connectivity index (χ3n) is 2.56. The Morgan fingerprint density at radius 2 is 2.10 bits per heavy atom. The van der Waals surface area contributed by atoms with Crippen molar-refractivity contribution in [1.29, 1.82) is 0 Å². The van der Waals surface area contributed by atoms with Gasteiger partial charge in [-0.25, -0.2) is 0 Å². The van der Waals surface area contributed by atoms with Crippen molar-refractivity contribution in [1.82, 2.24) is 25.5 Å². The summed E-state index contributed by atoms with van der Waals surface area (Å²) in [6.07, 6.45) is 1.40. The van der Waals surface area contributed by atoms with Crippen LogP contribution in [0.2, 0.25) is 0 Å². The van der Waals surface area contributed by atoms with Crippen molar-refractivity contribution in [2.24, 2.45) is 0 Å². The van der Waals surface area contributed by atoms with Crippen molar-refractivity contribution in [3.05, 3.63) is 16.6 Å². The van der Waals surface area contributed by atoms with Crippen LogP contribution in [0.5, 0.6) is 0 Å². The van der Waals surface area contributed by atoms with Gasteiger partial charge in [0.05, 0.1) is 6.20 Å². The number of carbonyl (C=O) groups is 1. The van der Waals surface area contributed by atoms with Crippen LogP contribution in [-0.4, -0.2) is 37.7 Å². The predicted octanol–water partition coefficient (Wildman–Crippen LogP) is 0.361. The van der Waals surface area contributed by atoms with E-state index in [4.69, 9.17) is 0 Å². The van der Waals surface area contributed by atoms with Gasteiger partial charge in [0.15, 0.2) is 5.65 Å². The summed E-state index contributed by atoms with van der Waals surface area (Å²) in [5.74, 6) is 0.0492. The lowest BCUT2D eigenvalue weighted by Crippen LogP contribution is -2.47. The summed E-state index contributed by atoms with van der Waals surface area (Å²) in [5.41, 5.74) is -0.254. The second-order valence-electron chi connectivity index (χ2n) is 5.65. The summed E-state index contributed by atoms with van der Waals surface area (Å²) < 4.78 is 0. The van der Waals surface area contributed by atoms with Gasteiger partial charge in [0.2, 0.25) is 11.9 Å². The number of fused-ring (bicyclic) bond motifs is 1. The molecule has 0 saturated heterocycles. The molecule has 0 aromatic carbocycles. The van der Waals surface area contributed by atoms with Gasteiger partial charge in [-0.1, -0.05) is 0 Å². The molecule has 0 fully saturated rings. The molecule has 2 aromatic rings. The minimum atomic E-state index is -0.530. The number of nitrogens with zero attached hydrogens (tertiary/aromatic N) is 2. The number of aromatic nitrogens is 4. The molecule has 0 radical (unpaired) electrons. The molecular weight excluding hydrogens is 260 g/mol. The summed E-state index contributed by atoms with van der Waals surface area (Å²) in [5, 5.41) is 12.5. The van der Waals surface area contributed by atoms with E-state index >= 15 is 0 Å². The first-order chi connectivity index (χ1) is 9.26. The zero-order valence-electron chi connectivity index (χ0n) is 11.9. The third kappa shape index (κ3) is 3.14. The van der Waals surface area contributed by atoms with E-state index in [2.05, 4.69) is 30.8 Å². The maximum atomic E-state index is 11.9. The van der Waals surface area contributed by atoms with Gasteiger partial charge < -0.3 is 10.6 Å². The number of hydrogen-bond acceptors (Lipinski definition) is 5. The van der Waals surface area contributed by atoms with Crippen molar-refractivity contribution in [2.45, 2.75) is 39.3 Å². The molecule has 2 rings (SSSR count). The number of nitrogens with one attached hydrogen (secondary N) is 4. The van der Waals surface area contributed by atoms with E-state index in [0.29, 0.717) is 11.0 Å². The monoisotopic (exact) mass is 278 g/mol. The summed E-state index contributed by atoms with van der Waals surface area (Å²) in [4.78, 5) is 30.4. The summed E-state index contributed by atoms with van der Waals surface area (Å²) in [6.45, 7) is 7.38. The fourth-order valence-electron chi connectivity index (χ4n) is 1.66. The van der Waals surface area contributed by atoms with Crippen LogP contribution in [0.1, 0.15) is 27.7 Å². The van der Waals surface area contributed by atoms with Crippen LogP contribution < -0.4 is 16.2 Å². The van der Waals surface area contributed by atoms with Gasteiger partial charge in [0, 0.05) is 5.54 Å². The van der Waals surface area contributed by atoms with Crippen LogP contribution in [0.4, 0.5) is 5.95 Å². The van der Waals surface area contributed by atoms with E-state index in [-0.39, 0.29) is 23.0 Å². The lowest BCUT2D eigenvalue weighted by molar-refractivity contribution is -0.122. The lowest BCUT2D eigenvalue weighted by atomic mass is 10.1. The maximum Gasteiger partial charge on any atom is 0.263 e. The molecule has 2 aromatic heterocycles. The van der Waals surface area contributed by atoms with E-state index in [1.807, 2.05) is 20.8 Å². The number of hydrogen-bond donors (Lipinski definition) is 4. The molecule has 0 spiro atoms. The van der Waals surface area contributed by atoms with Gasteiger partial charge in [-0.15, -0.1) is 0 Å². The van der Waals surface area contributed by atoms with E-state index in [1.54, 1.807) is 6.92 Å². The Morgan fingerprint density at radius 3 is 2.75 bits per heavy atom. The number of H-pyrrole nitrogens is 2. The zero-order chi connectivity index (χ0) is 14.9. The van der Waals surface area contributed by atoms with Gasteiger partial charge in [-0.05, 0) is 27.7 Å². The highest BCUT2D eigenvalue weighted by Gasteiger charge is 2.19. The molecule has 0 aliphatic carbocycles. The summed E-state index contributed by atoms with van der Waals surface area (Å²) in [6, 6.07) is -0.530. The van der Waals surface area contributed by atoms with Crippen LogP contribution in [0.25, 0.3) is 11.0 Å². The Morgan fingerprint density at radius 1 is 1.40 bits per heavy atom. The van der Waals surface area contributed by atoms with Gasteiger partial charge in [-0.3, -0.25) is 19.7 Å². The van der Waals surface area contributed by atoms with Crippen LogP contribution in [0, 0.1) is 0 Å². The first-order valence-corrected chi connectivity index (χ1v) is 6.28. The van der Waals surface area contributed by atoms with Crippen LogP contribution in [-0.2, 0) is 4.79 Å². The molecule has 2 heterocycles. The van der Waals surface area contributed by atoms with Gasteiger partial charge >= 0.3 is 0 Å². The molecule has 0 bridgehead atoms. The molecule has 4 N–H and O–H groups in total. The molecule has 8 nitrogen and oxygen atoms in total. The number of carbonyl (C=O) groups excluding carboxylic acids is 1. The first-order valence-electron chi connectivity index (χ1n) is 6.28. The Hall–Kier alpha value is -2.38. The fourth-order valence-corrected chi connectivity index (χ4v) is 1.66. The van der Waals surface area contributed by atoms with Crippen molar-refractivity contribution in [3.63, 3.8) is 0 Å². The van der Waals surface area contributed by atoms with E-state index in [1.165, 1.54) is 6.20 Å². The Balaban J connectivity index is 2.15. The highest BCUT2D eigenvalue weighted by molar-refractivity contribution is 5.84. The molecule has 8 heteroatoms. The van der Waals surface area contributed by atoms with Crippen LogP contribution >= 0.6 is 0 Å². The van der Waals surface area contributed by atoms with Crippen molar-refractivity contribution in [2.75, 3.05) is 5.32 Å². The standard InChI is InChI=1S/C12H18N6O2/c1-6(9(19)17-12(2,3)4)14-11-15-8-7(5-13-18-8)10(20)16-11/h5-6H,1-4H3,(H,17,19)(H3,13,14,15,16,18,20). The quantitative estimate of drug-likeness (QED) is 0.647. The highest BCUT2D eigenvalue weighted by Crippen LogP contribution is 2.06. The summed E-state index contributed by atoms with van der Waals surface area (Å²) >= 11 is 0. The van der Waals surface area contributed by atoms with Crippen molar-refractivity contribution < 1.29 is 4.79 Å². The minimum absolute atomic E-state index is 0.176. The second-order valence-corrected chi connectivity index (χ2v) is 5.65. The number of aromatic amines is 2. The molecule has 20 heavy (non-hydrogen) atoms. The number of amides is 1. The smallest absolute Gasteiger partial charge is 0.263 e. The minimum Gasteiger partial charge on any atom is -0.350 e. The summed E-state index contributed by atoms with van der Waals surface area (Å²) in [7, 11) is 0. The average Bonchev–Trinajstić information content (AvgIpc) is 2.75. The second kappa shape index (κ2) is 4.95. The Bertz CT molecular complexity index is 681. The van der Waals surface area contributed by atoms with Gasteiger partial charge in [0.1, 0.15) is 11.4 Å². The molecule has 1 atom stereocenters. The average molecular weight is 278 g/mol. The van der Waals surface area contributed by atoms with Gasteiger partial charge in [-0.2, -0.15) is 10.1 Å². The lowest BCUT2D eigenvalue weighted by Gasteiger charge is -2.23. The van der Waals surface area contributed by atoms with E-state index in [9.17, 15) is 9.59 Å². The molecule has 1 amide bonds. The largest absolute Gasteiger partial charge is 0.350 e. The molecular formula is C12H18N6O2. The number of rotatable bonds is 3. The fraction of sp³-hybridized carbons (Fsp3) is 0.500. The molecule has 0 saturated carbocycles. The molecule has 1 unspecified atom stereocenters. The van der Waals surface area contributed by atoms with E-state index < -0.39 is 6.04 Å². The first kappa shape index (κ1) is 14.0. The number of anilines is 1. The topological polar surface area (TPSA) is 116 Å². The maximum absolute atomic E-state index is 11.9. The van der Waals surface area contributed by atoms with E-state index in [0.717, 1.165) is 0 Å². The molecule has 0 aliphatic rings. The van der Waals surface area contributed by atoms with Crippen LogP contribution in [0.15, 0.2) is 11.0 Å². The zero-order valence-corrected chi connectivity index (χ0v) is 11.9. The Labute approximate surface area is 115 Å². The van der Waals surface area contributed by atoms with Crippen molar-refractivity contribution in [3.8, 4) is 0 Å². The predicted molar refractivity (Wildman–Crippen MR) is 75.5 cm³/mol. The highest BCUT2D eigenvalue weighted by atomic mass is 16.2. The van der Waals surface area contributed by atoms with Crippen molar-refractivity contribution >= 4 is 22.9 Å². The SMILES string of the molecule is CC(Nc1nc2[nH]ncc2c(=O)[nH]1)C(=O)NC(C)(C)C. The van der Waals surface area contributed by atoms with Gasteiger partial charge in [0.25, 0.3) is 5.56 Å². The third-order valence-corrected chi connectivity index (χ3v) is 2.56. The Kier molecular flexibility index (Phi) is 3.47. The molecule has 108 valence electrons. The molecule has 0 aliphatic heterocycles. The van der Waals surface area contributed by atoms with Crippen LogP contribution in [0.3, 0.4) is 0 Å². The normalized spacial score (nSPS) is 13.2.